The van der Waals surface area contributed by atoms with E-state index in [1.807, 2.05) is 65.0 Å². The first-order valence-corrected chi connectivity index (χ1v) is 8.02. The monoisotopic (exact) mass is 311 g/mol. The summed E-state index contributed by atoms with van der Waals surface area (Å²) in [6.07, 6.45) is 0.112. The Morgan fingerprint density at radius 1 is 1.09 bits per heavy atom. The molecule has 0 bridgehead atoms. The van der Waals surface area contributed by atoms with Crippen molar-refractivity contribution in [2.24, 2.45) is 0 Å². The summed E-state index contributed by atoms with van der Waals surface area (Å²) in [5.74, 6) is 0.658. The molecule has 3 heteroatoms. The highest BCUT2D eigenvalue weighted by molar-refractivity contribution is 5.94. The normalized spacial score (nSPS) is 11.9. The van der Waals surface area contributed by atoms with Crippen molar-refractivity contribution >= 4 is 11.6 Å². The zero-order valence-electron chi connectivity index (χ0n) is 14.6. The number of ether oxygens (including phenoxy) is 1. The molecule has 0 unspecified atom stereocenters. The van der Waals surface area contributed by atoms with E-state index in [-0.39, 0.29) is 5.91 Å². The summed E-state index contributed by atoms with van der Waals surface area (Å²) in [4.78, 5) is 12.5. The largest absolute Gasteiger partial charge is 0.480 e. The molecule has 0 saturated heterocycles. The lowest BCUT2D eigenvalue weighted by molar-refractivity contribution is -0.122. The van der Waals surface area contributed by atoms with Gasteiger partial charge in [0, 0.05) is 5.69 Å². The van der Waals surface area contributed by atoms with Crippen LogP contribution in [-0.2, 0) is 4.79 Å². The highest BCUT2D eigenvalue weighted by atomic mass is 16.5. The van der Waals surface area contributed by atoms with Crippen LogP contribution in [0.15, 0.2) is 36.4 Å². The molecular weight excluding hydrogens is 286 g/mol. The van der Waals surface area contributed by atoms with E-state index in [9.17, 15) is 4.79 Å². The summed E-state index contributed by atoms with van der Waals surface area (Å²) < 4.78 is 5.96. The Morgan fingerprint density at radius 3 is 2.35 bits per heavy atom. The van der Waals surface area contributed by atoms with E-state index in [0.29, 0.717) is 6.42 Å². The second-order valence-electron chi connectivity index (χ2n) is 6.08. The number of aryl methyl sites for hydroxylation is 3. The van der Waals surface area contributed by atoms with E-state index < -0.39 is 6.10 Å². The molecule has 0 radical (unpaired) electrons. The Balaban J connectivity index is 2.13. The molecule has 0 aliphatic rings. The second kappa shape index (κ2) is 7.32. The van der Waals surface area contributed by atoms with Gasteiger partial charge < -0.3 is 10.1 Å². The van der Waals surface area contributed by atoms with Crippen molar-refractivity contribution in [3.8, 4) is 5.75 Å². The van der Waals surface area contributed by atoms with Crippen LogP contribution in [0.2, 0.25) is 0 Å². The fraction of sp³-hybridized carbons (Fsp3) is 0.350. The molecule has 2 aromatic rings. The van der Waals surface area contributed by atoms with Gasteiger partial charge in [0.1, 0.15) is 5.75 Å². The maximum absolute atomic E-state index is 12.5. The molecule has 2 rings (SSSR count). The molecule has 0 saturated carbocycles. The van der Waals surface area contributed by atoms with Gasteiger partial charge in [0.2, 0.25) is 0 Å². The zero-order valence-corrected chi connectivity index (χ0v) is 14.6. The third kappa shape index (κ3) is 4.35. The number of carbonyl (C=O) groups excluding carboxylic acids is 1. The van der Waals surface area contributed by atoms with E-state index >= 15 is 0 Å². The topological polar surface area (TPSA) is 38.3 Å². The first-order chi connectivity index (χ1) is 10.9. The van der Waals surface area contributed by atoms with Crippen molar-refractivity contribution in [3.05, 3.63) is 58.7 Å². The van der Waals surface area contributed by atoms with Crippen molar-refractivity contribution < 1.29 is 9.53 Å². The van der Waals surface area contributed by atoms with Crippen molar-refractivity contribution in [1.29, 1.82) is 0 Å². The molecule has 3 nitrogen and oxygen atoms in total. The first kappa shape index (κ1) is 17.1. The SMILES string of the molecule is CC[C@H](Oc1cccc(C)c1C)C(=O)Nc1cc(C)cc(C)c1. The van der Waals surface area contributed by atoms with Crippen LogP contribution in [0.1, 0.15) is 35.6 Å². The van der Waals surface area contributed by atoms with Crippen molar-refractivity contribution in [2.75, 3.05) is 5.32 Å². The quantitative estimate of drug-likeness (QED) is 0.868. The Kier molecular flexibility index (Phi) is 5.43. The van der Waals surface area contributed by atoms with Crippen LogP contribution in [0.4, 0.5) is 5.69 Å². The predicted molar refractivity (Wildman–Crippen MR) is 95.2 cm³/mol. The number of amides is 1. The minimum absolute atomic E-state index is 0.113. The van der Waals surface area contributed by atoms with Crippen LogP contribution in [0.3, 0.4) is 0 Å². The molecule has 1 atom stereocenters. The summed E-state index contributed by atoms with van der Waals surface area (Å²) in [6, 6.07) is 11.9. The van der Waals surface area contributed by atoms with E-state index in [1.54, 1.807) is 0 Å². The Labute approximate surface area is 138 Å². The maximum atomic E-state index is 12.5. The average Bonchev–Trinajstić information content (AvgIpc) is 2.47. The minimum atomic E-state index is -0.503. The lowest BCUT2D eigenvalue weighted by Gasteiger charge is -2.19. The molecule has 0 spiro atoms. The molecule has 0 aromatic heterocycles. The van der Waals surface area contributed by atoms with Crippen LogP contribution in [-0.4, -0.2) is 12.0 Å². The van der Waals surface area contributed by atoms with E-state index in [0.717, 1.165) is 33.7 Å². The highest BCUT2D eigenvalue weighted by Gasteiger charge is 2.19. The summed E-state index contributed by atoms with van der Waals surface area (Å²) in [7, 11) is 0. The highest BCUT2D eigenvalue weighted by Crippen LogP contribution is 2.23. The standard InChI is InChI=1S/C20H25NO2/c1-6-18(23-19-9-7-8-15(4)16(19)5)20(22)21-17-11-13(2)10-14(3)12-17/h7-12,18H,6H2,1-5H3,(H,21,22)/t18-/m0/s1. The van der Waals surface area contributed by atoms with Crippen LogP contribution in [0.5, 0.6) is 5.75 Å². The number of benzene rings is 2. The molecule has 0 aliphatic carbocycles. The molecule has 0 fully saturated rings. The Hall–Kier alpha value is -2.29. The third-order valence-electron chi connectivity index (χ3n) is 3.98. The van der Waals surface area contributed by atoms with Gasteiger partial charge in [0.15, 0.2) is 6.10 Å². The predicted octanol–water partition coefficient (Wildman–Crippen LogP) is 4.72. The molecule has 0 aliphatic heterocycles. The summed E-state index contributed by atoms with van der Waals surface area (Å²) >= 11 is 0. The number of hydrogen-bond acceptors (Lipinski definition) is 2. The number of nitrogens with one attached hydrogen (secondary N) is 1. The Morgan fingerprint density at radius 2 is 1.74 bits per heavy atom. The van der Waals surface area contributed by atoms with Gasteiger partial charge in [-0.1, -0.05) is 25.1 Å². The molecule has 1 N–H and O–H groups in total. The lowest BCUT2D eigenvalue weighted by atomic mass is 10.1. The molecule has 23 heavy (non-hydrogen) atoms. The number of anilines is 1. The smallest absolute Gasteiger partial charge is 0.265 e. The molecule has 122 valence electrons. The molecule has 0 heterocycles. The van der Waals surface area contributed by atoms with E-state index in [4.69, 9.17) is 4.74 Å². The van der Waals surface area contributed by atoms with Gasteiger partial charge in [-0.05, 0) is 74.6 Å². The molecule has 2 aromatic carbocycles. The Bertz CT molecular complexity index is 687. The van der Waals surface area contributed by atoms with Gasteiger partial charge in [-0.2, -0.15) is 0 Å². The second-order valence-corrected chi connectivity index (χ2v) is 6.08. The molecule has 1 amide bonds. The first-order valence-electron chi connectivity index (χ1n) is 8.02. The fourth-order valence-electron chi connectivity index (χ4n) is 2.60. The van der Waals surface area contributed by atoms with Gasteiger partial charge in [-0.3, -0.25) is 4.79 Å². The van der Waals surface area contributed by atoms with Gasteiger partial charge >= 0.3 is 0 Å². The minimum Gasteiger partial charge on any atom is -0.480 e. The average molecular weight is 311 g/mol. The van der Waals surface area contributed by atoms with Crippen molar-refractivity contribution in [2.45, 2.75) is 47.1 Å². The van der Waals surface area contributed by atoms with Crippen LogP contribution >= 0.6 is 0 Å². The van der Waals surface area contributed by atoms with Gasteiger partial charge in [0.05, 0.1) is 0 Å². The van der Waals surface area contributed by atoms with Crippen LogP contribution in [0, 0.1) is 27.7 Å². The van der Waals surface area contributed by atoms with Gasteiger partial charge in [-0.15, -0.1) is 0 Å². The van der Waals surface area contributed by atoms with Crippen molar-refractivity contribution in [3.63, 3.8) is 0 Å². The fourth-order valence-corrected chi connectivity index (χ4v) is 2.60. The van der Waals surface area contributed by atoms with E-state index in [2.05, 4.69) is 11.4 Å². The number of hydrogen-bond donors (Lipinski definition) is 1. The summed E-state index contributed by atoms with van der Waals surface area (Å²) in [5, 5.41) is 2.96. The van der Waals surface area contributed by atoms with E-state index in [1.165, 1.54) is 0 Å². The lowest BCUT2D eigenvalue weighted by Crippen LogP contribution is -2.32. The van der Waals surface area contributed by atoms with Gasteiger partial charge in [0.25, 0.3) is 5.91 Å². The summed E-state index contributed by atoms with van der Waals surface area (Å²) in [5.41, 5.74) is 5.31. The van der Waals surface area contributed by atoms with Crippen molar-refractivity contribution in [1.82, 2.24) is 0 Å². The zero-order chi connectivity index (χ0) is 17.0. The summed E-state index contributed by atoms with van der Waals surface area (Å²) in [6.45, 7) is 10.0. The van der Waals surface area contributed by atoms with Crippen LogP contribution < -0.4 is 10.1 Å². The van der Waals surface area contributed by atoms with Crippen LogP contribution in [0.25, 0.3) is 0 Å². The number of rotatable bonds is 5. The maximum Gasteiger partial charge on any atom is 0.265 e. The third-order valence-corrected chi connectivity index (χ3v) is 3.98. The van der Waals surface area contributed by atoms with Gasteiger partial charge in [-0.25, -0.2) is 0 Å². The number of carbonyl (C=O) groups is 1. The molecular formula is C20H25NO2.